The van der Waals surface area contributed by atoms with Crippen LogP contribution >= 0.6 is 0 Å². The van der Waals surface area contributed by atoms with E-state index in [1.807, 2.05) is 12.1 Å². The molecule has 1 saturated heterocycles. The Morgan fingerprint density at radius 3 is 3.12 bits per heavy atom. The molecule has 1 aliphatic heterocycles. The van der Waals surface area contributed by atoms with E-state index in [2.05, 4.69) is 21.3 Å². The number of β-amino-alcohol motifs (C(OH)–C–C–N with tert-alkyl or cyclic N) is 1. The van der Waals surface area contributed by atoms with E-state index in [0.29, 0.717) is 31.0 Å². The molecule has 7 heteroatoms. The van der Waals surface area contributed by atoms with Gasteiger partial charge in [0, 0.05) is 19.3 Å². The van der Waals surface area contributed by atoms with Gasteiger partial charge in [0.05, 0.1) is 30.0 Å². The maximum atomic E-state index is 10.8. The predicted octanol–water partition coefficient (Wildman–Crippen LogP) is 1.06. The molecule has 1 aromatic heterocycles. The summed E-state index contributed by atoms with van der Waals surface area (Å²) >= 11 is 0. The third-order valence-electron chi connectivity index (χ3n) is 4.20. The smallest absolute Gasteiger partial charge is 0.120 e. The number of hydrogen-bond donors (Lipinski definition) is 1. The number of likely N-dealkylation sites (tertiary alicyclic amines) is 1. The number of benzene rings is 1. The average molecular weight is 327 g/mol. The van der Waals surface area contributed by atoms with Gasteiger partial charge in [0.1, 0.15) is 12.4 Å². The molecule has 0 radical (unpaired) electrons. The van der Waals surface area contributed by atoms with Crippen molar-refractivity contribution < 1.29 is 9.84 Å². The number of ether oxygens (including phenoxy) is 1. The maximum absolute atomic E-state index is 10.8. The van der Waals surface area contributed by atoms with E-state index >= 15 is 0 Å². The normalized spacial score (nSPS) is 21.3. The zero-order chi connectivity index (χ0) is 16.8. The molecule has 0 aliphatic carbocycles. The first-order valence-corrected chi connectivity index (χ1v) is 8.09. The van der Waals surface area contributed by atoms with Crippen molar-refractivity contribution in [3.63, 3.8) is 0 Å². The highest BCUT2D eigenvalue weighted by Crippen LogP contribution is 2.22. The van der Waals surface area contributed by atoms with Crippen LogP contribution in [0.25, 0.3) is 0 Å². The first-order valence-electron chi connectivity index (χ1n) is 8.09. The van der Waals surface area contributed by atoms with E-state index in [-0.39, 0.29) is 0 Å². The SMILES string of the molecule is N#Cc1cccc(OCCN2CCCC(O)(Cn3ccnn3)C2)c1. The second-order valence-electron chi connectivity index (χ2n) is 6.19. The number of piperidine rings is 1. The Balaban J connectivity index is 1.49. The van der Waals surface area contributed by atoms with Gasteiger partial charge in [-0.1, -0.05) is 11.3 Å². The van der Waals surface area contributed by atoms with Crippen LogP contribution in [0.2, 0.25) is 0 Å². The van der Waals surface area contributed by atoms with E-state index in [1.54, 1.807) is 29.2 Å². The van der Waals surface area contributed by atoms with Crippen LogP contribution in [0.15, 0.2) is 36.7 Å². The molecule has 1 atom stereocenters. The average Bonchev–Trinajstić information content (AvgIpc) is 3.07. The highest BCUT2D eigenvalue weighted by molar-refractivity contribution is 5.36. The van der Waals surface area contributed by atoms with Gasteiger partial charge in [-0.15, -0.1) is 5.10 Å². The molecule has 24 heavy (non-hydrogen) atoms. The molecule has 2 aromatic rings. The van der Waals surface area contributed by atoms with Crippen molar-refractivity contribution in [2.45, 2.75) is 25.0 Å². The van der Waals surface area contributed by atoms with E-state index in [1.165, 1.54) is 0 Å². The number of aromatic nitrogens is 3. The van der Waals surface area contributed by atoms with Crippen LogP contribution in [-0.2, 0) is 6.54 Å². The summed E-state index contributed by atoms with van der Waals surface area (Å²) in [6.07, 6.45) is 5.08. The highest BCUT2D eigenvalue weighted by Gasteiger charge is 2.33. The lowest BCUT2D eigenvalue weighted by molar-refractivity contribution is -0.0476. The van der Waals surface area contributed by atoms with Crippen molar-refractivity contribution in [1.82, 2.24) is 19.9 Å². The van der Waals surface area contributed by atoms with Crippen LogP contribution < -0.4 is 4.74 Å². The molecule has 0 amide bonds. The summed E-state index contributed by atoms with van der Waals surface area (Å²) in [7, 11) is 0. The van der Waals surface area contributed by atoms with Gasteiger partial charge in [0.2, 0.25) is 0 Å². The summed E-state index contributed by atoms with van der Waals surface area (Å²) < 4.78 is 7.40. The van der Waals surface area contributed by atoms with E-state index in [4.69, 9.17) is 10.00 Å². The molecular formula is C17H21N5O2. The minimum Gasteiger partial charge on any atom is -0.492 e. The lowest BCUT2D eigenvalue weighted by Crippen LogP contribution is -2.51. The Morgan fingerprint density at radius 2 is 2.33 bits per heavy atom. The van der Waals surface area contributed by atoms with Crippen LogP contribution in [-0.4, -0.2) is 56.8 Å². The van der Waals surface area contributed by atoms with Crippen molar-refractivity contribution in [2.24, 2.45) is 0 Å². The molecule has 0 bridgehead atoms. The van der Waals surface area contributed by atoms with Crippen molar-refractivity contribution in [2.75, 3.05) is 26.2 Å². The van der Waals surface area contributed by atoms with Crippen LogP contribution in [0, 0.1) is 11.3 Å². The maximum Gasteiger partial charge on any atom is 0.120 e. The number of nitriles is 1. The van der Waals surface area contributed by atoms with Gasteiger partial charge in [0.15, 0.2) is 0 Å². The summed E-state index contributed by atoms with van der Waals surface area (Å²) in [5, 5.41) is 27.4. The Labute approximate surface area is 141 Å². The Bertz CT molecular complexity index is 697. The van der Waals surface area contributed by atoms with Crippen LogP contribution in [0.5, 0.6) is 5.75 Å². The largest absolute Gasteiger partial charge is 0.492 e. The van der Waals surface area contributed by atoms with Crippen LogP contribution in [0.4, 0.5) is 0 Å². The van der Waals surface area contributed by atoms with Gasteiger partial charge in [-0.05, 0) is 37.6 Å². The van der Waals surface area contributed by atoms with Crippen molar-refractivity contribution in [1.29, 1.82) is 5.26 Å². The molecule has 1 N–H and O–H groups in total. The summed E-state index contributed by atoms with van der Waals surface area (Å²) in [5.74, 6) is 0.698. The zero-order valence-corrected chi connectivity index (χ0v) is 13.5. The van der Waals surface area contributed by atoms with E-state index < -0.39 is 5.60 Å². The van der Waals surface area contributed by atoms with E-state index in [9.17, 15) is 5.11 Å². The fourth-order valence-corrected chi connectivity index (χ4v) is 3.09. The summed E-state index contributed by atoms with van der Waals surface area (Å²) in [4.78, 5) is 2.20. The van der Waals surface area contributed by atoms with Gasteiger partial charge >= 0.3 is 0 Å². The molecule has 1 aromatic carbocycles. The summed E-state index contributed by atoms with van der Waals surface area (Å²) in [6, 6.07) is 9.24. The molecule has 1 aliphatic rings. The molecule has 2 heterocycles. The van der Waals surface area contributed by atoms with Crippen molar-refractivity contribution >= 4 is 0 Å². The molecule has 1 unspecified atom stereocenters. The summed E-state index contributed by atoms with van der Waals surface area (Å²) in [5.41, 5.74) is -0.195. The lowest BCUT2D eigenvalue weighted by Gasteiger charge is -2.38. The van der Waals surface area contributed by atoms with E-state index in [0.717, 1.165) is 25.9 Å². The minimum absolute atomic E-state index is 0.453. The van der Waals surface area contributed by atoms with Gasteiger partial charge in [0.25, 0.3) is 0 Å². The molecule has 0 saturated carbocycles. The minimum atomic E-state index is -0.785. The number of nitrogens with zero attached hydrogens (tertiary/aromatic N) is 5. The van der Waals surface area contributed by atoms with Gasteiger partial charge < -0.3 is 9.84 Å². The number of rotatable bonds is 6. The molecular weight excluding hydrogens is 306 g/mol. The van der Waals surface area contributed by atoms with Crippen LogP contribution in [0.1, 0.15) is 18.4 Å². The van der Waals surface area contributed by atoms with Gasteiger partial charge in [-0.25, -0.2) is 4.68 Å². The lowest BCUT2D eigenvalue weighted by atomic mass is 9.93. The Morgan fingerprint density at radius 1 is 1.42 bits per heavy atom. The molecule has 1 fully saturated rings. The van der Waals surface area contributed by atoms with Crippen LogP contribution in [0.3, 0.4) is 0 Å². The second-order valence-corrected chi connectivity index (χ2v) is 6.19. The van der Waals surface area contributed by atoms with Crippen molar-refractivity contribution in [3.8, 4) is 11.8 Å². The summed E-state index contributed by atoms with van der Waals surface area (Å²) in [6.45, 7) is 3.25. The number of hydrogen-bond acceptors (Lipinski definition) is 6. The monoisotopic (exact) mass is 327 g/mol. The van der Waals surface area contributed by atoms with Gasteiger partial charge in [-0.3, -0.25) is 4.90 Å². The first-order chi connectivity index (χ1) is 11.7. The fourth-order valence-electron chi connectivity index (χ4n) is 3.09. The van der Waals surface area contributed by atoms with Gasteiger partial charge in [-0.2, -0.15) is 5.26 Å². The third-order valence-corrected chi connectivity index (χ3v) is 4.20. The number of aliphatic hydroxyl groups is 1. The molecule has 3 rings (SSSR count). The Hall–Kier alpha value is -2.43. The fraction of sp³-hybridized carbons (Fsp3) is 0.471. The molecule has 7 nitrogen and oxygen atoms in total. The standard InChI is InChI=1S/C17H21N5O2/c18-12-15-3-1-4-16(11-15)24-10-9-21-7-2-5-17(23,13-21)14-22-8-6-19-20-22/h1,3-4,6,8,11,23H,2,5,7,9-10,13-14H2. The molecule has 0 spiro atoms. The van der Waals surface area contributed by atoms with Crippen molar-refractivity contribution in [3.05, 3.63) is 42.2 Å². The quantitative estimate of drug-likeness (QED) is 0.853. The zero-order valence-electron chi connectivity index (χ0n) is 13.5. The topological polar surface area (TPSA) is 87.2 Å². The highest BCUT2D eigenvalue weighted by atomic mass is 16.5. The second kappa shape index (κ2) is 7.43. The first kappa shape index (κ1) is 16.4. The Kier molecular flexibility index (Phi) is 5.08. The third kappa shape index (κ3) is 4.31. The predicted molar refractivity (Wildman–Crippen MR) is 87.3 cm³/mol. The molecule has 126 valence electrons.